The van der Waals surface area contributed by atoms with Gasteiger partial charge in [-0.25, -0.2) is 15.0 Å². The van der Waals surface area contributed by atoms with E-state index >= 15 is 0 Å². The first-order chi connectivity index (χ1) is 26.3. The number of fused-ring (bicyclic) bond motifs is 9. The summed E-state index contributed by atoms with van der Waals surface area (Å²) < 4.78 is 2.48. The molecule has 1 aliphatic carbocycles. The number of nitrogens with zero attached hydrogens (tertiary/aromatic N) is 4. The normalized spacial score (nSPS) is 12.7. The van der Waals surface area contributed by atoms with E-state index in [1.807, 2.05) is 18.2 Å². The minimum atomic E-state index is 0.670. The number of aromatic nitrogens is 4. The lowest BCUT2D eigenvalue weighted by molar-refractivity contribution is 0.970. The standard InChI is InChI=1S/C49H32N4/c1-2-16-34(17-3-1)47-50-48(40-24-12-18-31-13-4-7-19-35(31)40)52-49(51-47)41-27-30-42(39-23-11-10-22-38(39)41)53-43-28-25-32-14-5-8-20-36(32)45(43)46-37-21-9-6-15-33(37)26-29-44(46)53/h1-9,11-21,23-30H,10,22H2. The van der Waals surface area contributed by atoms with Crippen molar-refractivity contribution in [2.45, 2.75) is 12.8 Å². The molecule has 0 aliphatic heterocycles. The van der Waals surface area contributed by atoms with Crippen LogP contribution in [0.1, 0.15) is 17.5 Å². The number of hydrogen-bond acceptors (Lipinski definition) is 3. The number of hydrogen-bond donors (Lipinski definition) is 0. The van der Waals surface area contributed by atoms with Crippen molar-refractivity contribution in [3.8, 4) is 39.9 Å². The molecule has 4 heteroatoms. The van der Waals surface area contributed by atoms with Crippen LogP contribution < -0.4 is 0 Å². The van der Waals surface area contributed by atoms with Crippen molar-refractivity contribution in [3.05, 3.63) is 175 Å². The zero-order valence-electron chi connectivity index (χ0n) is 28.9. The van der Waals surface area contributed by atoms with Gasteiger partial charge in [0, 0.05) is 33.0 Å². The molecular formula is C49H32N4. The largest absolute Gasteiger partial charge is 0.309 e. The zero-order valence-corrected chi connectivity index (χ0v) is 28.9. The molecule has 1 aliphatic rings. The van der Waals surface area contributed by atoms with Crippen LogP contribution in [0.25, 0.3) is 100 Å². The average Bonchev–Trinajstić information content (AvgIpc) is 3.58. The zero-order chi connectivity index (χ0) is 34.9. The lowest BCUT2D eigenvalue weighted by Crippen LogP contribution is -2.07. The van der Waals surface area contributed by atoms with Gasteiger partial charge in [-0.2, -0.15) is 0 Å². The maximum atomic E-state index is 5.27. The van der Waals surface area contributed by atoms with Crippen LogP contribution >= 0.6 is 0 Å². The van der Waals surface area contributed by atoms with Crippen molar-refractivity contribution in [3.63, 3.8) is 0 Å². The Morgan fingerprint density at radius 2 is 1.00 bits per heavy atom. The monoisotopic (exact) mass is 676 g/mol. The summed E-state index contributed by atoms with van der Waals surface area (Å²) in [6.07, 6.45) is 6.47. The van der Waals surface area contributed by atoms with Crippen molar-refractivity contribution in [2.24, 2.45) is 0 Å². The molecule has 11 rings (SSSR count). The van der Waals surface area contributed by atoms with E-state index in [0.717, 1.165) is 46.0 Å². The fourth-order valence-electron chi connectivity index (χ4n) is 8.50. The topological polar surface area (TPSA) is 43.6 Å². The summed E-state index contributed by atoms with van der Waals surface area (Å²) in [5.74, 6) is 2.04. The van der Waals surface area contributed by atoms with Gasteiger partial charge in [0.2, 0.25) is 0 Å². The minimum Gasteiger partial charge on any atom is -0.309 e. The molecule has 0 atom stereocenters. The molecule has 10 aromatic rings. The second-order valence-corrected chi connectivity index (χ2v) is 13.9. The molecule has 0 amide bonds. The Hall–Kier alpha value is -6.91. The quantitative estimate of drug-likeness (QED) is 0.186. The van der Waals surface area contributed by atoms with Crippen molar-refractivity contribution in [2.75, 3.05) is 0 Å². The molecule has 0 fully saturated rings. The molecule has 0 saturated heterocycles. The van der Waals surface area contributed by atoms with E-state index in [0.29, 0.717) is 17.5 Å². The van der Waals surface area contributed by atoms with E-state index in [1.54, 1.807) is 0 Å². The molecule has 0 spiro atoms. The summed E-state index contributed by atoms with van der Waals surface area (Å²) in [5, 5.41) is 9.89. The van der Waals surface area contributed by atoms with Crippen LogP contribution in [0.2, 0.25) is 0 Å². The van der Waals surface area contributed by atoms with Gasteiger partial charge in [0.05, 0.1) is 16.7 Å². The maximum Gasteiger partial charge on any atom is 0.164 e. The Morgan fingerprint density at radius 1 is 0.434 bits per heavy atom. The Morgan fingerprint density at radius 3 is 1.70 bits per heavy atom. The summed E-state index contributed by atoms with van der Waals surface area (Å²) in [5.41, 5.74) is 9.05. The van der Waals surface area contributed by atoms with Crippen molar-refractivity contribution >= 4 is 60.2 Å². The Labute approximate surface area is 306 Å². The van der Waals surface area contributed by atoms with E-state index < -0.39 is 0 Å². The van der Waals surface area contributed by atoms with Crippen LogP contribution in [0.4, 0.5) is 0 Å². The summed E-state index contributed by atoms with van der Waals surface area (Å²) >= 11 is 0. The van der Waals surface area contributed by atoms with Gasteiger partial charge < -0.3 is 4.57 Å². The second-order valence-electron chi connectivity index (χ2n) is 13.9. The maximum absolute atomic E-state index is 5.27. The average molecular weight is 677 g/mol. The second kappa shape index (κ2) is 11.8. The van der Waals surface area contributed by atoms with E-state index in [9.17, 15) is 0 Å². The smallest absolute Gasteiger partial charge is 0.164 e. The third-order valence-corrected chi connectivity index (χ3v) is 10.9. The molecule has 0 bridgehead atoms. The first kappa shape index (κ1) is 29.8. The molecular weight excluding hydrogens is 645 g/mol. The van der Waals surface area contributed by atoms with Crippen LogP contribution in [0.15, 0.2) is 164 Å². The Kier molecular flexibility index (Phi) is 6.65. The SMILES string of the molecule is C1=Cc2c(-n3c4ccc5ccccc5c4c4c5ccccc5ccc43)ccc(-c3nc(-c4ccccc4)nc(-c4cccc5ccccc45)n3)c2CC1. The lowest BCUT2D eigenvalue weighted by atomic mass is 9.90. The Bertz CT molecular complexity index is 3020. The molecule has 8 aromatic carbocycles. The molecule has 2 aromatic heterocycles. The van der Waals surface area contributed by atoms with Crippen molar-refractivity contribution in [1.29, 1.82) is 0 Å². The van der Waals surface area contributed by atoms with E-state index in [1.165, 1.54) is 54.5 Å². The highest BCUT2D eigenvalue weighted by Gasteiger charge is 2.24. The van der Waals surface area contributed by atoms with Crippen molar-refractivity contribution < 1.29 is 0 Å². The van der Waals surface area contributed by atoms with Crippen LogP contribution in [-0.2, 0) is 6.42 Å². The Balaban J connectivity index is 1.19. The van der Waals surface area contributed by atoms with Crippen molar-refractivity contribution in [1.82, 2.24) is 19.5 Å². The summed E-state index contributed by atoms with van der Waals surface area (Å²) in [6.45, 7) is 0. The third kappa shape index (κ3) is 4.66. The predicted octanol–water partition coefficient (Wildman–Crippen LogP) is 12.4. The van der Waals surface area contributed by atoms with Gasteiger partial charge >= 0.3 is 0 Å². The molecule has 0 N–H and O–H groups in total. The highest BCUT2D eigenvalue weighted by atomic mass is 15.0. The highest BCUT2D eigenvalue weighted by molar-refractivity contribution is 6.28. The van der Waals surface area contributed by atoms with Crippen LogP contribution in [0.5, 0.6) is 0 Å². The van der Waals surface area contributed by atoms with Gasteiger partial charge in [0.1, 0.15) is 0 Å². The van der Waals surface area contributed by atoms with Gasteiger partial charge in [0.25, 0.3) is 0 Å². The van der Waals surface area contributed by atoms with Crippen LogP contribution in [-0.4, -0.2) is 19.5 Å². The van der Waals surface area contributed by atoms with Crippen LogP contribution in [0.3, 0.4) is 0 Å². The third-order valence-electron chi connectivity index (χ3n) is 10.9. The first-order valence-corrected chi connectivity index (χ1v) is 18.3. The van der Waals surface area contributed by atoms with Gasteiger partial charge in [-0.1, -0.05) is 146 Å². The summed E-state index contributed by atoms with van der Waals surface area (Å²) in [6, 6.07) is 56.2. The molecule has 0 unspecified atom stereocenters. The molecule has 53 heavy (non-hydrogen) atoms. The molecule has 0 saturated carbocycles. The van der Waals surface area contributed by atoms with Gasteiger partial charge in [-0.3, -0.25) is 0 Å². The molecule has 248 valence electrons. The number of benzene rings is 8. The molecule has 2 heterocycles. The number of rotatable bonds is 4. The molecule has 0 radical (unpaired) electrons. The van der Waals surface area contributed by atoms with Gasteiger partial charge in [-0.15, -0.1) is 0 Å². The lowest BCUT2D eigenvalue weighted by Gasteiger charge is -2.21. The van der Waals surface area contributed by atoms with Gasteiger partial charge in [-0.05, 0) is 75.0 Å². The van der Waals surface area contributed by atoms with E-state index in [4.69, 9.17) is 15.0 Å². The van der Waals surface area contributed by atoms with E-state index in [2.05, 4.69) is 156 Å². The first-order valence-electron chi connectivity index (χ1n) is 18.3. The summed E-state index contributed by atoms with van der Waals surface area (Å²) in [7, 11) is 0. The number of allylic oxidation sites excluding steroid dienone is 1. The fourth-order valence-corrected chi connectivity index (χ4v) is 8.50. The predicted molar refractivity (Wildman–Crippen MR) is 220 cm³/mol. The fraction of sp³-hybridized carbons (Fsp3) is 0.0408. The van der Waals surface area contributed by atoms with E-state index in [-0.39, 0.29) is 0 Å². The van der Waals surface area contributed by atoms with Crippen LogP contribution in [0, 0.1) is 0 Å². The molecule has 4 nitrogen and oxygen atoms in total. The highest BCUT2D eigenvalue weighted by Crippen LogP contribution is 2.43. The summed E-state index contributed by atoms with van der Waals surface area (Å²) in [4.78, 5) is 15.6. The minimum absolute atomic E-state index is 0.670. The van der Waals surface area contributed by atoms with Gasteiger partial charge in [0.15, 0.2) is 17.5 Å².